The summed E-state index contributed by atoms with van der Waals surface area (Å²) in [5.41, 5.74) is 0. The predicted molar refractivity (Wildman–Crippen MR) is 31.4 cm³/mol. The van der Waals surface area contributed by atoms with Gasteiger partial charge in [0.1, 0.15) is 0 Å². The van der Waals surface area contributed by atoms with Gasteiger partial charge in [0, 0.05) is 14.2 Å². The molecule has 0 aliphatic rings. The summed E-state index contributed by atoms with van der Waals surface area (Å²) in [7, 11) is -2.09. The summed E-state index contributed by atoms with van der Waals surface area (Å²) in [4.78, 5) is 25.6. The molecule has 10 heteroatoms. The molecule has 0 aliphatic carbocycles. The average Bonchev–Trinajstić information content (AvgIpc) is 1.79. The molecule has 0 saturated carbocycles. The zero-order valence-corrected chi connectivity index (χ0v) is 19.6. The van der Waals surface area contributed by atoms with Crippen molar-refractivity contribution >= 4 is 7.82 Å². The van der Waals surface area contributed by atoms with Gasteiger partial charge >= 0.3 is 154 Å². The van der Waals surface area contributed by atoms with Crippen molar-refractivity contribution in [1.82, 2.24) is 0 Å². The Balaban J connectivity index is -0.0000000321. The molecule has 0 aromatic rings. The molecule has 0 atom stereocenters. The first-order chi connectivity index (χ1) is 4.91. The molecule has 0 aliphatic heterocycles. The molecule has 0 N–H and O–H groups in total. The van der Waals surface area contributed by atoms with Crippen LogP contribution >= 0.6 is 7.82 Å². The van der Waals surface area contributed by atoms with Crippen molar-refractivity contribution in [3.05, 3.63) is 0 Å². The van der Waals surface area contributed by atoms with Gasteiger partial charge in [-0.3, -0.25) is 0 Å². The zero-order chi connectivity index (χ0) is 9.33. The summed E-state index contributed by atoms with van der Waals surface area (Å²) in [6.45, 7) is 1.38. The molecule has 0 bridgehead atoms. The van der Waals surface area contributed by atoms with Crippen LogP contribution in [0.15, 0.2) is 0 Å². The molecule has 0 amide bonds. The fourth-order valence-corrected chi connectivity index (χ4v) is 0.167. The van der Waals surface area contributed by atoms with E-state index in [0.29, 0.717) is 13.2 Å². The van der Waals surface area contributed by atoms with Crippen LogP contribution in [0.5, 0.6) is 0 Å². The van der Waals surface area contributed by atoms with Crippen molar-refractivity contribution in [3.8, 4) is 0 Å². The second kappa shape index (κ2) is 23.1. The van der Waals surface area contributed by atoms with E-state index >= 15 is 0 Å². The third-order valence-corrected chi connectivity index (χ3v) is 0.492. The maximum atomic E-state index is 8.55. The molecule has 0 rings (SSSR count). The van der Waals surface area contributed by atoms with Gasteiger partial charge in [0.05, 0.1) is 13.2 Å². The number of methoxy groups -OCH3 is 2. The average molecular weight is 302 g/mol. The fourth-order valence-electron chi connectivity index (χ4n) is 0.167. The Morgan fingerprint density at radius 3 is 1.14 bits per heavy atom. The molecule has 0 unspecified atom stereocenters. The van der Waals surface area contributed by atoms with Gasteiger partial charge in [-0.25, -0.2) is 0 Å². The Morgan fingerprint density at radius 1 is 0.929 bits per heavy atom. The second-order valence-corrected chi connectivity index (χ2v) is 2.33. The Kier molecular flexibility index (Phi) is 51.7. The van der Waals surface area contributed by atoms with E-state index in [9.17, 15) is 0 Å². The predicted octanol–water partition coefficient (Wildman–Crippen LogP) is -11.5. The van der Waals surface area contributed by atoms with Gasteiger partial charge < -0.3 is 28.7 Å². The van der Waals surface area contributed by atoms with Crippen molar-refractivity contribution in [2.45, 2.75) is 0 Å². The quantitative estimate of drug-likeness (QED) is 0.291. The van der Waals surface area contributed by atoms with Gasteiger partial charge in [-0.2, -0.15) is 7.82 Å². The van der Waals surface area contributed by atoms with Gasteiger partial charge in [0.2, 0.25) is 0 Å². The molecular formula is C4H10K3O6P. The van der Waals surface area contributed by atoms with Gasteiger partial charge in [-0.15, -0.1) is 0 Å². The molecule has 70 valence electrons. The molecule has 0 aromatic heterocycles. The minimum Gasteiger partial charge on any atom is -0.822 e. The van der Waals surface area contributed by atoms with Gasteiger partial charge in [-0.05, 0) is 0 Å². The number of hydrogen-bond donors (Lipinski definition) is 0. The SMILES string of the molecule is COCCOC.O=P([O-])([O-])[O-].[K+].[K+].[K+]. The van der Waals surface area contributed by atoms with Crippen LogP contribution in [-0.2, 0) is 14.0 Å². The fraction of sp³-hybridized carbons (Fsp3) is 1.00. The Bertz CT molecular complexity index is 107. The number of phosphoric acid groups is 1. The van der Waals surface area contributed by atoms with Gasteiger partial charge in [0.15, 0.2) is 0 Å². The molecule has 14 heavy (non-hydrogen) atoms. The Hall–Kier alpha value is 4.94. The van der Waals surface area contributed by atoms with Crippen LogP contribution in [0.2, 0.25) is 0 Å². The first kappa shape index (κ1) is 31.4. The molecule has 6 nitrogen and oxygen atoms in total. The van der Waals surface area contributed by atoms with E-state index in [4.69, 9.17) is 19.2 Å². The first-order valence-electron chi connectivity index (χ1n) is 2.62. The van der Waals surface area contributed by atoms with Crippen LogP contribution in [0, 0.1) is 0 Å². The third kappa shape index (κ3) is 68.3. The second-order valence-electron chi connectivity index (χ2n) is 1.43. The van der Waals surface area contributed by atoms with E-state index in [2.05, 4.69) is 9.47 Å². The monoisotopic (exact) mass is 302 g/mol. The molecule has 0 aromatic carbocycles. The van der Waals surface area contributed by atoms with E-state index in [-0.39, 0.29) is 154 Å². The molecular weight excluding hydrogens is 292 g/mol. The summed E-state index contributed by atoms with van der Waals surface area (Å²) in [5.74, 6) is 0. The zero-order valence-electron chi connectivity index (χ0n) is 9.31. The minimum atomic E-state index is -5.39. The van der Waals surface area contributed by atoms with Crippen molar-refractivity contribution in [3.63, 3.8) is 0 Å². The largest absolute Gasteiger partial charge is 1.00 e. The maximum Gasteiger partial charge on any atom is 1.00 e. The van der Waals surface area contributed by atoms with Gasteiger partial charge in [-0.1, -0.05) is 0 Å². The first-order valence-corrected chi connectivity index (χ1v) is 4.08. The van der Waals surface area contributed by atoms with E-state index in [0.717, 1.165) is 0 Å². The van der Waals surface area contributed by atoms with E-state index in [1.807, 2.05) is 0 Å². The van der Waals surface area contributed by atoms with E-state index in [1.165, 1.54) is 0 Å². The molecule has 0 radical (unpaired) electrons. The smallest absolute Gasteiger partial charge is 0.822 e. The standard InChI is InChI=1S/C4H10O2.3K.H3O4P/c1-5-3-4-6-2;;;;1-5(2,3)4/h3-4H2,1-2H3;;;;(H3,1,2,3,4)/q;3*+1;/p-3. The van der Waals surface area contributed by atoms with Crippen LogP contribution in [0.25, 0.3) is 0 Å². The van der Waals surface area contributed by atoms with Crippen LogP contribution in [0.4, 0.5) is 0 Å². The minimum absolute atomic E-state index is 0. The van der Waals surface area contributed by atoms with Crippen molar-refractivity contribution in [2.24, 2.45) is 0 Å². The van der Waals surface area contributed by atoms with Crippen molar-refractivity contribution in [1.29, 1.82) is 0 Å². The van der Waals surface area contributed by atoms with Crippen LogP contribution in [0.3, 0.4) is 0 Å². The normalized spacial score (nSPS) is 8.07. The Labute approximate surface area is 212 Å². The summed E-state index contributed by atoms with van der Waals surface area (Å²) in [6, 6.07) is 0. The molecule has 0 fully saturated rings. The molecule has 0 saturated heterocycles. The summed E-state index contributed by atoms with van der Waals surface area (Å²) < 4.78 is 17.9. The number of rotatable bonds is 3. The van der Waals surface area contributed by atoms with E-state index < -0.39 is 7.82 Å². The number of ether oxygens (including phenoxy) is 2. The summed E-state index contributed by atoms with van der Waals surface area (Å²) in [5, 5.41) is 0. The number of hydrogen-bond acceptors (Lipinski definition) is 6. The van der Waals surface area contributed by atoms with Crippen LogP contribution in [-0.4, -0.2) is 27.4 Å². The van der Waals surface area contributed by atoms with Crippen LogP contribution < -0.4 is 169 Å². The van der Waals surface area contributed by atoms with E-state index in [1.54, 1.807) is 14.2 Å². The van der Waals surface area contributed by atoms with Crippen molar-refractivity contribution < 1.29 is 183 Å². The summed E-state index contributed by atoms with van der Waals surface area (Å²) in [6.07, 6.45) is 0. The van der Waals surface area contributed by atoms with Gasteiger partial charge in [0.25, 0.3) is 0 Å². The molecule has 0 heterocycles. The van der Waals surface area contributed by atoms with Crippen LogP contribution in [0.1, 0.15) is 0 Å². The topological polar surface area (TPSA) is 105 Å². The Morgan fingerprint density at radius 2 is 1.07 bits per heavy atom. The third-order valence-electron chi connectivity index (χ3n) is 0.492. The summed E-state index contributed by atoms with van der Waals surface area (Å²) >= 11 is 0. The van der Waals surface area contributed by atoms with Crippen molar-refractivity contribution in [2.75, 3.05) is 27.4 Å². The molecule has 0 spiro atoms. The maximum absolute atomic E-state index is 8.55.